The van der Waals surface area contributed by atoms with Crippen LogP contribution in [0.2, 0.25) is 0 Å². The Morgan fingerprint density at radius 2 is 2.11 bits per heavy atom. The fraction of sp³-hybridized carbons (Fsp3) is 0.350. The van der Waals surface area contributed by atoms with Crippen LogP contribution in [-0.2, 0) is 17.9 Å². The molecule has 1 aliphatic rings. The van der Waals surface area contributed by atoms with Crippen molar-refractivity contribution < 1.29 is 4.79 Å². The van der Waals surface area contributed by atoms with Crippen molar-refractivity contribution in [3.05, 3.63) is 66.2 Å². The van der Waals surface area contributed by atoms with E-state index in [9.17, 15) is 4.79 Å². The molecule has 0 bridgehead atoms. The molecule has 3 heterocycles. The minimum absolute atomic E-state index is 0.0393. The molecule has 27 heavy (non-hydrogen) atoms. The van der Waals surface area contributed by atoms with Crippen molar-refractivity contribution in [1.29, 1.82) is 0 Å². The number of amides is 1. The molecule has 1 amide bonds. The van der Waals surface area contributed by atoms with Crippen molar-refractivity contribution in [2.75, 3.05) is 13.1 Å². The molecule has 2 N–H and O–H groups in total. The Hall–Kier alpha value is -2.93. The van der Waals surface area contributed by atoms with Crippen LogP contribution in [0.4, 0.5) is 0 Å². The topological polar surface area (TPSA) is 76.8 Å². The van der Waals surface area contributed by atoms with Crippen LogP contribution >= 0.6 is 0 Å². The molecule has 1 unspecified atom stereocenters. The summed E-state index contributed by atoms with van der Waals surface area (Å²) in [6.07, 6.45) is 7.88. The van der Waals surface area contributed by atoms with Crippen molar-refractivity contribution >= 4 is 5.91 Å². The molecule has 1 saturated heterocycles. The standard InChI is InChI=1S/C20H24N6O/c27-20(15-25-12-8-19(24-25)17-3-1-9-21-14-17)22-13-16-4-6-18(7-5-16)26-11-2-10-23-26/h2,4-8,10-12,17,21H,1,3,9,13-15H2,(H,22,27). The van der Waals surface area contributed by atoms with Crippen LogP contribution in [0.3, 0.4) is 0 Å². The quantitative estimate of drug-likeness (QED) is 0.700. The highest BCUT2D eigenvalue weighted by atomic mass is 16.2. The first kappa shape index (κ1) is 17.5. The van der Waals surface area contributed by atoms with E-state index in [1.807, 2.05) is 48.8 Å². The zero-order valence-electron chi connectivity index (χ0n) is 15.2. The lowest BCUT2D eigenvalue weighted by Gasteiger charge is -2.20. The van der Waals surface area contributed by atoms with Crippen LogP contribution in [-0.4, -0.2) is 38.6 Å². The van der Waals surface area contributed by atoms with Gasteiger partial charge in [0.2, 0.25) is 5.91 Å². The lowest BCUT2D eigenvalue weighted by Crippen LogP contribution is -2.29. The number of piperidine rings is 1. The monoisotopic (exact) mass is 364 g/mol. The van der Waals surface area contributed by atoms with Gasteiger partial charge in [0.05, 0.1) is 11.4 Å². The van der Waals surface area contributed by atoms with E-state index in [4.69, 9.17) is 0 Å². The van der Waals surface area contributed by atoms with Crippen molar-refractivity contribution in [2.24, 2.45) is 0 Å². The minimum atomic E-state index is -0.0393. The first-order valence-corrected chi connectivity index (χ1v) is 9.38. The average Bonchev–Trinajstić information content (AvgIpc) is 3.40. The zero-order chi connectivity index (χ0) is 18.5. The molecule has 1 fully saturated rings. The maximum Gasteiger partial charge on any atom is 0.241 e. The number of benzene rings is 1. The van der Waals surface area contributed by atoms with Crippen LogP contribution < -0.4 is 10.6 Å². The van der Waals surface area contributed by atoms with E-state index >= 15 is 0 Å². The van der Waals surface area contributed by atoms with E-state index in [2.05, 4.69) is 20.8 Å². The molecule has 0 aliphatic carbocycles. The summed E-state index contributed by atoms with van der Waals surface area (Å²) < 4.78 is 3.53. The van der Waals surface area contributed by atoms with Gasteiger partial charge in [0.1, 0.15) is 6.54 Å². The largest absolute Gasteiger partial charge is 0.350 e. The lowest BCUT2D eigenvalue weighted by molar-refractivity contribution is -0.122. The Morgan fingerprint density at radius 1 is 1.22 bits per heavy atom. The normalized spacial score (nSPS) is 17.0. The predicted molar refractivity (Wildman–Crippen MR) is 102 cm³/mol. The molecule has 2 aromatic heterocycles. The van der Waals surface area contributed by atoms with Gasteiger partial charge in [-0.25, -0.2) is 4.68 Å². The third-order valence-electron chi connectivity index (χ3n) is 4.88. The molecule has 0 spiro atoms. The summed E-state index contributed by atoms with van der Waals surface area (Å²) in [5, 5.41) is 15.1. The fourth-order valence-corrected chi connectivity index (χ4v) is 3.38. The molecule has 1 aliphatic heterocycles. The van der Waals surface area contributed by atoms with Crippen LogP contribution in [0.25, 0.3) is 5.69 Å². The molecule has 140 valence electrons. The van der Waals surface area contributed by atoms with E-state index in [0.717, 1.165) is 36.5 Å². The summed E-state index contributed by atoms with van der Waals surface area (Å²) in [7, 11) is 0. The SMILES string of the molecule is O=C(Cn1ccc(C2CCCNC2)n1)NCc1ccc(-n2cccn2)cc1. The van der Waals surface area contributed by atoms with Gasteiger partial charge in [-0.1, -0.05) is 12.1 Å². The molecule has 3 aromatic rings. The molecular weight excluding hydrogens is 340 g/mol. The maximum absolute atomic E-state index is 12.2. The van der Waals surface area contributed by atoms with E-state index < -0.39 is 0 Å². The van der Waals surface area contributed by atoms with Crippen molar-refractivity contribution in [1.82, 2.24) is 30.2 Å². The number of hydrogen-bond acceptors (Lipinski definition) is 4. The van der Waals surface area contributed by atoms with Gasteiger partial charge in [0, 0.05) is 37.6 Å². The summed E-state index contributed by atoms with van der Waals surface area (Å²) in [4.78, 5) is 12.2. The molecule has 0 saturated carbocycles. The number of rotatable bonds is 6. The Labute approximate surface area is 158 Å². The Kier molecular flexibility index (Phi) is 5.29. The smallest absolute Gasteiger partial charge is 0.241 e. The summed E-state index contributed by atoms with van der Waals surface area (Å²) in [6, 6.07) is 11.9. The number of nitrogens with one attached hydrogen (secondary N) is 2. The summed E-state index contributed by atoms with van der Waals surface area (Å²) in [6.45, 7) is 2.80. The second-order valence-corrected chi connectivity index (χ2v) is 6.88. The number of hydrogen-bond donors (Lipinski definition) is 2. The van der Waals surface area contributed by atoms with Crippen LogP contribution in [0.15, 0.2) is 55.0 Å². The van der Waals surface area contributed by atoms with Crippen LogP contribution in [0, 0.1) is 0 Å². The van der Waals surface area contributed by atoms with Gasteiger partial charge in [-0.3, -0.25) is 9.48 Å². The van der Waals surface area contributed by atoms with E-state index in [1.54, 1.807) is 15.6 Å². The van der Waals surface area contributed by atoms with Crippen molar-refractivity contribution in [3.63, 3.8) is 0 Å². The van der Waals surface area contributed by atoms with Crippen LogP contribution in [0.1, 0.15) is 30.0 Å². The highest BCUT2D eigenvalue weighted by Crippen LogP contribution is 2.21. The Balaban J connectivity index is 1.28. The third kappa shape index (κ3) is 4.43. The first-order valence-electron chi connectivity index (χ1n) is 9.38. The second kappa shape index (κ2) is 8.18. The summed E-state index contributed by atoms with van der Waals surface area (Å²) in [5.41, 5.74) is 3.12. The zero-order valence-corrected chi connectivity index (χ0v) is 15.2. The molecule has 0 radical (unpaired) electrons. The average molecular weight is 364 g/mol. The van der Waals surface area contributed by atoms with Gasteiger partial charge in [-0.05, 0) is 49.2 Å². The highest BCUT2D eigenvalue weighted by Gasteiger charge is 2.17. The number of carbonyl (C=O) groups excluding carboxylic acids is 1. The van der Waals surface area contributed by atoms with Gasteiger partial charge in [-0.2, -0.15) is 10.2 Å². The number of carbonyl (C=O) groups is 1. The van der Waals surface area contributed by atoms with Gasteiger partial charge >= 0.3 is 0 Å². The minimum Gasteiger partial charge on any atom is -0.350 e. The molecule has 4 rings (SSSR count). The lowest BCUT2D eigenvalue weighted by atomic mass is 9.97. The second-order valence-electron chi connectivity index (χ2n) is 6.88. The molecule has 7 heteroatoms. The van der Waals surface area contributed by atoms with Crippen molar-refractivity contribution in [3.8, 4) is 5.69 Å². The van der Waals surface area contributed by atoms with Crippen molar-refractivity contribution in [2.45, 2.75) is 31.8 Å². The van der Waals surface area contributed by atoms with Gasteiger partial charge in [0.15, 0.2) is 0 Å². The fourth-order valence-electron chi connectivity index (χ4n) is 3.38. The van der Waals surface area contributed by atoms with Gasteiger partial charge in [-0.15, -0.1) is 0 Å². The number of aromatic nitrogens is 4. The van der Waals surface area contributed by atoms with E-state index in [-0.39, 0.29) is 12.5 Å². The summed E-state index contributed by atoms with van der Waals surface area (Å²) in [5.74, 6) is 0.416. The molecule has 1 aromatic carbocycles. The van der Waals surface area contributed by atoms with E-state index in [1.165, 1.54) is 6.42 Å². The van der Waals surface area contributed by atoms with Gasteiger partial charge < -0.3 is 10.6 Å². The Bertz CT molecular complexity index is 862. The molecule has 7 nitrogen and oxygen atoms in total. The predicted octanol–water partition coefficient (Wildman–Crippen LogP) is 1.85. The first-order chi connectivity index (χ1) is 13.3. The van der Waals surface area contributed by atoms with Crippen LogP contribution in [0.5, 0.6) is 0 Å². The molecule has 1 atom stereocenters. The Morgan fingerprint density at radius 3 is 2.85 bits per heavy atom. The highest BCUT2D eigenvalue weighted by molar-refractivity contribution is 5.75. The summed E-state index contributed by atoms with van der Waals surface area (Å²) >= 11 is 0. The van der Waals surface area contributed by atoms with Gasteiger partial charge in [0.25, 0.3) is 0 Å². The van der Waals surface area contributed by atoms with E-state index in [0.29, 0.717) is 12.5 Å². The molecular formula is C20H24N6O. The maximum atomic E-state index is 12.2. The third-order valence-corrected chi connectivity index (χ3v) is 4.88. The number of nitrogens with zero attached hydrogens (tertiary/aromatic N) is 4.